The lowest BCUT2D eigenvalue weighted by Gasteiger charge is -2.39. The highest BCUT2D eigenvalue weighted by molar-refractivity contribution is 5.90. The number of aryl methyl sites for hydroxylation is 1. The Balaban J connectivity index is 1.19. The van der Waals surface area contributed by atoms with Gasteiger partial charge in [0.2, 0.25) is 0 Å². The van der Waals surface area contributed by atoms with Gasteiger partial charge in [0.05, 0.1) is 25.4 Å². The molecule has 1 aromatic carbocycles. The lowest BCUT2D eigenvalue weighted by Crippen LogP contribution is -2.46. The van der Waals surface area contributed by atoms with E-state index in [1.807, 2.05) is 13.0 Å². The Morgan fingerprint density at radius 2 is 1.85 bits per heavy atom. The van der Waals surface area contributed by atoms with Crippen molar-refractivity contribution in [1.29, 1.82) is 0 Å². The number of piperidine rings is 1. The van der Waals surface area contributed by atoms with Gasteiger partial charge in [-0.25, -0.2) is 9.78 Å². The van der Waals surface area contributed by atoms with Crippen molar-refractivity contribution in [1.82, 2.24) is 10.1 Å². The molecule has 3 fully saturated rings. The average molecular weight is 558 g/mol. The van der Waals surface area contributed by atoms with Crippen LogP contribution in [0.25, 0.3) is 11.3 Å². The SMILES string of the molecule is COC(=O)c1cnc(N2C3CC[C@H]2CC(OCc2c(-c4ccccc4OC(F)(F)F)noc2C2CC2)C3)cc1C. The Bertz CT molecular complexity index is 1390. The Kier molecular flexibility index (Phi) is 6.93. The van der Waals surface area contributed by atoms with E-state index in [1.54, 1.807) is 18.3 Å². The maximum atomic E-state index is 13.1. The molecule has 2 aliphatic heterocycles. The smallest absolute Gasteiger partial charge is 0.465 e. The zero-order valence-electron chi connectivity index (χ0n) is 22.2. The monoisotopic (exact) mass is 557 g/mol. The molecule has 40 heavy (non-hydrogen) atoms. The average Bonchev–Trinajstić information content (AvgIpc) is 3.62. The number of pyridine rings is 1. The Labute approximate surface area is 229 Å². The lowest BCUT2D eigenvalue weighted by atomic mass is 9.98. The van der Waals surface area contributed by atoms with Crippen LogP contribution in [0.5, 0.6) is 5.75 Å². The van der Waals surface area contributed by atoms with Crippen LogP contribution in [0.4, 0.5) is 19.0 Å². The highest BCUT2D eigenvalue weighted by Gasteiger charge is 2.42. The Morgan fingerprint density at radius 1 is 1.12 bits per heavy atom. The molecule has 2 bridgehead atoms. The molecule has 0 radical (unpaired) electrons. The lowest BCUT2D eigenvalue weighted by molar-refractivity contribution is -0.274. The maximum Gasteiger partial charge on any atom is 0.573 e. The first-order valence-electron chi connectivity index (χ1n) is 13.5. The second-order valence-electron chi connectivity index (χ2n) is 10.7. The molecular weight excluding hydrogens is 527 g/mol. The van der Waals surface area contributed by atoms with Crippen molar-refractivity contribution in [3.8, 4) is 17.0 Å². The fraction of sp³-hybridized carbons (Fsp3) is 0.483. The van der Waals surface area contributed by atoms with Crippen LogP contribution in [-0.2, 0) is 16.1 Å². The maximum absolute atomic E-state index is 13.1. The molecule has 1 aliphatic carbocycles. The number of ether oxygens (including phenoxy) is 3. The predicted octanol–water partition coefficient (Wildman–Crippen LogP) is 6.32. The summed E-state index contributed by atoms with van der Waals surface area (Å²) in [5, 5.41) is 4.18. The van der Waals surface area contributed by atoms with Crippen LogP contribution in [0.2, 0.25) is 0 Å². The molecule has 0 spiro atoms. The normalized spacial score (nSPS) is 22.4. The number of fused-ring (bicyclic) bond motifs is 2. The fourth-order valence-corrected chi connectivity index (χ4v) is 6.06. The molecule has 0 amide bonds. The molecule has 3 aromatic rings. The summed E-state index contributed by atoms with van der Waals surface area (Å²) >= 11 is 0. The number of hydrogen-bond acceptors (Lipinski definition) is 8. The highest BCUT2D eigenvalue weighted by Crippen LogP contribution is 2.46. The predicted molar refractivity (Wildman–Crippen MR) is 138 cm³/mol. The molecule has 8 nitrogen and oxygen atoms in total. The summed E-state index contributed by atoms with van der Waals surface area (Å²) in [4.78, 5) is 18.9. The number of hydrogen-bond donors (Lipinski definition) is 0. The van der Waals surface area contributed by atoms with Gasteiger partial charge in [0.1, 0.15) is 23.0 Å². The Morgan fingerprint density at radius 3 is 2.50 bits per heavy atom. The third-order valence-corrected chi connectivity index (χ3v) is 8.05. The van der Waals surface area contributed by atoms with Crippen LogP contribution in [0.1, 0.15) is 71.7 Å². The number of rotatable bonds is 8. The topological polar surface area (TPSA) is 86.9 Å². The zero-order chi connectivity index (χ0) is 28.0. The van der Waals surface area contributed by atoms with Gasteiger partial charge in [-0.2, -0.15) is 0 Å². The number of esters is 1. The summed E-state index contributed by atoms with van der Waals surface area (Å²) in [5.74, 6) is 1.00. The van der Waals surface area contributed by atoms with Crippen molar-refractivity contribution in [2.24, 2.45) is 0 Å². The second kappa shape index (κ2) is 10.4. The number of halogens is 3. The summed E-state index contributed by atoms with van der Waals surface area (Å²) in [6.07, 6.45) is 2.24. The molecular formula is C29H30F3N3O5. The number of methoxy groups -OCH3 is 1. The van der Waals surface area contributed by atoms with Crippen molar-refractivity contribution < 1.29 is 36.7 Å². The molecule has 2 unspecified atom stereocenters. The van der Waals surface area contributed by atoms with Gasteiger partial charge in [0.25, 0.3) is 0 Å². The quantitative estimate of drug-likeness (QED) is 0.297. The molecule has 3 aliphatic rings. The molecule has 3 atom stereocenters. The number of benzene rings is 1. The largest absolute Gasteiger partial charge is 0.573 e. The molecule has 2 aromatic heterocycles. The van der Waals surface area contributed by atoms with Gasteiger partial charge in [0.15, 0.2) is 0 Å². The highest BCUT2D eigenvalue weighted by atomic mass is 19.4. The molecule has 11 heteroatoms. The van der Waals surface area contributed by atoms with Crippen LogP contribution < -0.4 is 9.64 Å². The summed E-state index contributed by atoms with van der Waals surface area (Å²) in [6.45, 7) is 2.07. The van der Waals surface area contributed by atoms with E-state index in [9.17, 15) is 18.0 Å². The van der Waals surface area contributed by atoms with Crippen molar-refractivity contribution in [2.75, 3.05) is 12.0 Å². The molecule has 4 heterocycles. The molecule has 0 N–H and O–H groups in total. The molecule has 1 saturated carbocycles. The van der Waals surface area contributed by atoms with E-state index in [2.05, 4.69) is 19.8 Å². The summed E-state index contributed by atoms with van der Waals surface area (Å²) in [7, 11) is 1.35. The first kappa shape index (κ1) is 26.6. The Hall–Kier alpha value is -3.60. The van der Waals surface area contributed by atoms with Crippen molar-refractivity contribution >= 4 is 11.8 Å². The van der Waals surface area contributed by atoms with Crippen molar-refractivity contribution in [2.45, 2.75) is 82.5 Å². The summed E-state index contributed by atoms with van der Waals surface area (Å²) < 4.78 is 60.5. The van der Waals surface area contributed by atoms with E-state index in [4.69, 9.17) is 14.0 Å². The van der Waals surface area contributed by atoms with Gasteiger partial charge in [-0.1, -0.05) is 17.3 Å². The first-order valence-corrected chi connectivity index (χ1v) is 13.5. The molecule has 6 rings (SSSR count). The molecule has 212 valence electrons. The van der Waals surface area contributed by atoms with Crippen molar-refractivity contribution in [3.05, 3.63) is 59.0 Å². The van der Waals surface area contributed by atoms with E-state index >= 15 is 0 Å². The fourth-order valence-electron chi connectivity index (χ4n) is 6.06. The first-order chi connectivity index (χ1) is 19.2. The number of para-hydroxylation sites is 1. The minimum atomic E-state index is -4.82. The van der Waals surface area contributed by atoms with Crippen LogP contribution in [0, 0.1) is 6.92 Å². The van der Waals surface area contributed by atoms with Crippen LogP contribution >= 0.6 is 0 Å². The minimum Gasteiger partial charge on any atom is -0.465 e. The van der Waals surface area contributed by atoms with E-state index < -0.39 is 12.3 Å². The standard InChI is InChI=1S/C29H30F3N3O5/c1-16-11-25(33-14-22(16)28(36)37-2)35-18-9-10-19(35)13-20(12-18)38-15-23-26(34-40-27(23)17-7-8-17)21-5-3-4-6-24(21)39-29(30,31)32/h3-6,11,14,17-20H,7-10,12-13,15H2,1-2H3/t18-,19?,20?/m0/s1. The minimum absolute atomic E-state index is 0.0272. The third kappa shape index (κ3) is 5.26. The number of nitrogens with zero attached hydrogens (tertiary/aromatic N) is 3. The van der Waals surface area contributed by atoms with E-state index in [1.165, 1.54) is 19.2 Å². The number of carbonyl (C=O) groups excluding carboxylic acids is 1. The van der Waals surface area contributed by atoms with E-state index in [-0.39, 0.29) is 42.0 Å². The van der Waals surface area contributed by atoms with Crippen LogP contribution in [0.15, 0.2) is 41.1 Å². The van der Waals surface area contributed by atoms with Crippen LogP contribution in [0.3, 0.4) is 0 Å². The number of anilines is 1. The van der Waals surface area contributed by atoms with Gasteiger partial charge < -0.3 is 23.6 Å². The second-order valence-corrected chi connectivity index (χ2v) is 10.7. The van der Waals surface area contributed by atoms with Gasteiger partial charge in [-0.05, 0) is 69.2 Å². The van der Waals surface area contributed by atoms with Gasteiger partial charge in [-0.15, -0.1) is 13.2 Å². The van der Waals surface area contributed by atoms with E-state index in [0.717, 1.165) is 49.9 Å². The number of alkyl halides is 3. The summed E-state index contributed by atoms with van der Waals surface area (Å²) in [5.41, 5.74) is 2.51. The third-order valence-electron chi connectivity index (χ3n) is 8.05. The van der Waals surface area contributed by atoms with Gasteiger partial charge >= 0.3 is 12.3 Å². The number of carbonyl (C=O) groups is 1. The number of aromatic nitrogens is 2. The molecule has 2 saturated heterocycles. The van der Waals surface area contributed by atoms with Crippen LogP contribution in [-0.4, -0.2) is 47.8 Å². The van der Waals surface area contributed by atoms with E-state index in [0.29, 0.717) is 22.6 Å². The zero-order valence-corrected chi connectivity index (χ0v) is 22.2. The van der Waals surface area contributed by atoms with Gasteiger partial charge in [-0.3, -0.25) is 0 Å². The summed E-state index contributed by atoms with van der Waals surface area (Å²) in [6, 6.07) is 8.39. The van der Waals surface area contributed by atoms with Gasteiger partial charge in [0, 0.05) is 35.3 Å². The van der Waals surface area contributed by atoms with Crippen molar-refractivity contribution in [3.63, 3.8) is 0 Å².